The molecule has 2 heterocycles. The lowest BCUT2D eigenvalue weighted by Crippen LogP contribution is -2.28. The molecule has 1 aliphatic rings. The van der Waals surface area contributed by atoms with Crippen LogP contribution in [0.2, 0.25) is 0 Å². The summed E-state index contributed by atoms with van der Waals surface area (Å²) in [4.78, 5) is 39.1. The number of benzene rings is 2. The topological polar surface area (TPSA) is 79.6 Å². The number of amides is 3. The molecule has 6 nitrogen and oxygen atoms in total. The largest absolute Gasteiger partial charge is 0.467 e. The molecule has 0 saturated carbocycles. The van der Waals surface area contributed by atoms with Crippen LogP contribution in [0.5, 0.6) is 0 Å². The summed E-state index contributed by atoms with van der Waals surface area (Å²) in [6.07, 6.45) is 1.49. The Morgan fingerprint density at radius 2 is 1.68 bits per heavy atom. The maximum Gasteiger partial charge on any atom is 0.261 e. The smallest absolute Gasteiger partial charge is 0.261 e. The van der Waals surface area contributed by atoms with Gasteiger partial charge in [-0.3, -0.25) is 19.3 Å². The van der Waals surface area contributed by atoms with Crippen LogP contribution in [0.4, 0.5) is 5.69 Å². The normalized spacial score (nSPS) is 13.0. The van der Waals surface area contributed by atoms with Crippen molar-refractivity contribution in [2.24, 2.45) is 0 Å². The van der Waals surface area contributed by atoms with Crippen molar-refractivity contribution in [3.63, 3.8) is 0 Å². The molecule has 3 amide bonds. The van der Waals surface area contributed by atoms with E-state index in [1.165, 1.54) is 18.4 Å². The Bertz CT molecular complexity index is 1080. The van der Waals surface area contributed by atoms with E-state index in [2.05, 4.69) is 5.32 Å². The molecule has 0 saturated heterocycles. The third-order valence-corrected chi connectivity index (χ3v) is 4.85. The quantitative estimate of drug-likeness (QED) is 0.702. The van der Waals surface area contributed by atoms with Gasteiger partial charge in [-0.25, -0.2) is 0 Å². The lowest BCUT2D eigenvalue weighted by molar-refractivity contribution is 0.0631. The lowest BCUT2D eigenvalue weighted by Gasteiger charge is -2.12. The molecule has 0 bridgehead atoms. The summed E-state index contributed by atoms with van der Waals surface area (Å²) >= 11 is 0. The van der Waals surface area contributed by atoms with Crippen LogP contribution in [0.3, 0.4) is 0 Å². The number of anilines is 1. The first-order chi connectivity index (χ1) is 13.5. The molecule has 0 spiro atoms. The van der Waals surface area contributed by atoms with Gasteiger partial charge in [0.1, 0.15) is 5.76 Å². The number of hydrogen-bond donors (Lipinski definition) is 1. The summed E-state index contributed by atoms with van der Waals surface area (Å²) in [5, 5.41) is 2.90. The molecule has 2 aromatic carbocycles. The van der Waals surface area contributed by atoms with Crippen molar-refractivity contribution >= 4 is 23.4 Å². The maximum atomic E-state index is 12.7. The zero-order valence-electron chi connectivity index (χ0n) is 15.5. The molecule has 1 aromatic heterocycles. The molecular formula is C22H18N2O4. The Morgan fingerprint density at radius 3 is 2.36 bits per heavy atom. The molecule has 6 heteroatoms. The van der Waals surface area contributed by atoms with Gasteiger partial charge in [0.2, 0.25) is 0 Å². The Labute approximate surface area is 161 Å². The van der Waals surface area contributed by atoms with Gasteiger partial charge in [-0.15, -0.1) is 0 Å². The molecule has 0 atom stereocenters. The molecule has 4 rings (SSSR count). The molecule has 0 fully saturated rings. The predicted octanol–water partition coefficient (Wildman–Crippen LogP) is 3.94. The number of carbonyl (C=O) groups excluding carboxylic acids is 3. The van der Waals surface area contributed by atoms with E-state index in [4.69, 9.17) is 4.42 Å². The van der Waals surface area contributed by atoms with Crippen LogP contribution in [-0.2, 0) is 6.54 Å². The number of furan rings is 1. The van der Waals surface area contributed by atoms with Gasteiger partial charge in [0, 0.05) is 11.3 Å². The van der Waals surface area contributed by atoms with Gasteiger partial charge in [-0.2, -0.15) is 0 Å². The summed E-state index contributed by atoms with van der Waals surface area (Å²) in [5.41, 5.74) is 3.49. The number of aryl methyl sites for hydroxylation is 2. The third kappa shape index (κ3) is 2.99. The number of rotatable bonds is 4. The van der Waals surface area contributed by atoms with Crippen molar-refractivity contribution in [3.05, 3.63) is 88.4 Å². The second-order valence-corrected chi connectivity index (χ2v) is 6.76. The van der Waals surface area contributed by atoms with E-state index in [0.29, 0.717) is 16.9 Å². The highest BCUT2D eigenvalue weighted by molar-refractivity contribution is 6.22. The SMILES string of the molecule is Cc1cccc(C)c1NC(=O)c1ccc2c(c1)C(=O)N(Cc1ccco1)C2=O. The number of para-hydroxylation sites is 1. The van der Waals surface area contributed by atoms with Crippen molar-refractivity contribution in [2.75, 3.05) is 5.32 Å². The van der Waals surface area contributed by atoms with Crippen LogP contribution in [0, 0.1) is 13.8 Å². The predicted molar refractivity (Wildman–Crippen MR) is 103 cm³/mol. The maximum absolute atomic E-state index is 12.7. The van der Waals surface area contributed by atoms with Crippen LogP contribution < -0.4 is 5.32 Å². The van der Waals surface area contributed by atoms with E-state index in [-0.39, 0.29) is 18.0 Å². The Kier molecular flexibility index (Phi) is 4.31. The monoisotopic (exact) mass is 374 g/mol. The van der Waals surface area contributed by atoms with Crippen LogP contribution in [0.25, 0.3) is 0 Å². The molecular weight excluding hydrogens is 356 g/mol. The molecule has 140 valence electrons. The highest BCUT2D eigenvalue weighted by atomic mass is 16.3. The van der Waals surface area contributed by atoms with Crippen LogP contribution in [0.1, 0.15) is 48.0 Å². The van der Waals surface area contributed by atoms with E-state index in [1.54, 1.807) is 18.2 Å². The molecule has 1 aliphatic heterocycles. The van der Waals surface area contributed by atoms with Crippen LogP contribution in [-0.4, -0.2) is 22.6 Å². The zero-order valence-corrected chi connectivity index (χ0v) is 15.5. The van der Waals surface area contributed by atoms with Crippen molar-refractivity contribution in [1.82, 2.24) is 4.90 Å². The summed E-state index contributed by atoms with van der Waals surface area (Å²) in [5.74, 6) is -0.635. The van der Waals surface area contributed by atoms with Crippen LogP contribution in [0.15, 0.2) is 59.2 Å². The minimum absolute atomic E-state index is 0.0588. The fourth-order valence-electron chi connectivity index (χ4n) is 3.33. The summed E-state index contributed by atoms with van der Waals surface area (Å²) in [7, 11) is 0. The second-order valence-electron chi connectivity index (χ2n) is 6.76. The fourth-order valence-corrected chi connectivity index (χ4v) is 3.33. The summed E-state index contributed by atoms with van der Waals surface area (Å²) in [6, 6.07) is 13.7. The minimum Gasteiger partial charge on any atom is -0.467 e. The standard InChI is InChI=1S/C22H18N2O4/c1-13-5-3-6-14(2)19(13)23-20(25)15-8-9-17-18(11-15)22(27)24(21(17)26)12-16-7-4-10-28-16/h3-11H,12H2,1-2H3,(H,23,25). The average molecular weight is 374 g/mol. The second kappa shape index (κ2) is 6.81. The Morgan fingerprint density at radius 1 is 0.964 bits per heavy atom. The van der Waals surface area contributed by atoms with Crippen molar-refractivity contribution in [1.29, 1.82) is 0 Å². The Balaban J connectivity index is 1.60. The van der Waals surface area contributed by atoms with Gasteiger partial charge in [-0.1, -0.05) is 18.2 Å². The average Bonchev–Trinajstić information content (AvgIpc) is 3.28. The van der Waals surface area contributed by atoms with Gasteiger partial charge in [0.15, 0.2) is 0 Å². The number of carbonyl (C=O) groups is 3. The number of hydrogen-bond acceptors (Lipinski definition) is 4. The number of nitrogens with zero attached hydrogens (tertiary/aromatic N) is 1. The van der Waals surface area contributed by atoms with E-state index in [9.17, 15) is 14.4 Å². The van der Waals surface area contributed by atoms with Crippen molar-refractivity contribution in [2.45, 2.75) is 20.4 Å². The van der Waals surface area contributed by atoms with Gasteiger partial charge < -0.3 is 9.73 Å². The highest BCUT2D eigenvalue weighted by Gasteiger charge is 2.36. The Hall–Kier alpha value is -3.67. The van der Waals surface area contributed by atoms with Gasteiger partial charge >= 0.3 is 0 Å². The lowest BCUT2D eigenvalue weighted by atomic mass is 10.0. The molecule has 3 aromatic rings. The molecule has 0 aliphatic carbocycles. The van der Waals surface area contributed by atoms with E-state index >= 15 is 0 Å². The van der Waals surface area contributed by atoms with Gasteiger partial charge in [0.25, 0.3) is 17.7 Å². The van der Waals surface area contributed by atoms with Crippen molar-refractivity contribution < 1.29 is 18.8 Å². The molecule has 28 heavy (non-hydrogen) atoms. The number of fused-ring (bicyclic) bond motifs is 1. The van der Waals surface area contributed by atoms with Gasteiger partial charge in [0.05, 0.1) is 23.9 Å². The van der Waals surface area contributed by atoms with E-state index < -0.39 is 11.8 Å². The first-order valence-corrected chi connectivity index (χ1v) is 8.86. The molecule has 0 radical (unpaired) electrons. The first kappa shape index (κ1) is 17.7. The molecule has 0 unspecified atom stereocenters. The third-order valence-electron chi connectivity index (χ3n) is 4.85. The van der Waals surface area contributed by atoms with E-state index in [1.807, 2.05) is 32.0 Å². The number of nitrogens with one attached hydrogen (secondary N) is 1. The summed E-state index contributed by atoms with van der Waals surface area (Å²) < 4.78 is 5.23. The zero-order chi connectivity index (χ0) is 19.8. The number of imide groups is 1. The molecule has 1 N–H and O–H groups in total. The van der Waals surface area contributed by atoms with E-state index in [0.717, 1.165) is 21.7 Å². The summed E-state index contributed by atoms with van der Waals surface area (Å²) in [6.45, 7) is 3.89. The minimum atomic E-state index is -0.432. The highest BCUT2D eigenvalue weighted by Crippen LogP contribution is 2.27. The van der Waals surface area contributed by atoms with Gasteiger partial charge in [-0.05, 0) is 55.3 Å². The fraction of sp³-hybridized carbons (Fsp3) is 0.136. The first-order valence-electron chi connectivity index (χ1n) is 8.86. The van der Waals surface area contributed by atoms with Crippen molar-refractivity contribution in [3.8, 4) is 0 Å². The van der Waals surface area contributed by atoms with Crippen LogP contribution >= 0.6 is 0 Å².